The van der Waals surface area contributed by atoms with E-state index in [1.54, 1.807) is 0 Å². The largest absolute Gasteiger partial charge is 0.379 e. The molecule has 0 amide bonds. The number of hydrogen-bond acceptors (Lipinski definition) is 5. The van der Waals surface area contributed by atoms with E-state index in [2.05, 4.69) is 15.6 Å². The van der Waals surface area contributed by atoms with E-state index in [0.717, 1.165) is 26.0 Å². The zero-order valence-corrected chi connectivity index (χ0v) is 16.5. The number of aliphatic imine (C=N–C) groups is 1. The first-order valence-electron chi connectivity index (χ1n) is 7.40. The molecule has 0 spiro atoms. The fraction of sp³-hybridized carbons (Fsp3) is 0.923. The molecular weight excluding hydrogens is 421 g/mol. The summed E-state index contributed by atoms with van der Waals surface area (Å²) in [6.07, 6.45) is 3.26. The van der Waals surface area contributed by atoms with Crippen LogP contribution in [0.5, 0.6) is 0 Å². The molecule has 1 saturated heterocycles. The number of ether oxygens (including phenoxy) is 2. The quantitative estimate of drug-likeness (QED) is 0.229. The fourth-order valence-electron chi connectivity index (χ4n) is 1.85. The van der Waals surface area contributed by atoms with Crippen molar-refractivity contribution in [2.75, 3.05) is 51.5 Å². The van der Waals surface area contributed by atoms with Gasteiger partial charge in [-0.2, -0.15) is 0 Å². The van der Waals surface area contributed by atoms with Crippen molar-refractivity contribution in [3.8, 4) is 0 Å². The van der Waals surface area contributed by atoms with Crippen LogP contribution >= 0.6 is 24.0 Å². The van der Waals surface area contributed by atoms with Gasteiger partial charge in [0, 0.05) is 39.1 Å². The first-order chi connectivity index (χ1) is 10.0. The number of halogens is 1. The third-order valence-corrected chi connectivity index (χ3v) is 3.87. The Bertz CT molecular complexity index is 412. The SMILES string of the molecule is CCNC(=NCCCOC1CCOC1)NCCS(C)(=O)=O.I. The summed E-state index contributed by atoms with van der Waals surface area (Å²) in [6.45, 7) is 5.86. The molecule has 0 aromatic heterocycles. The van der Waals surface area contributed by atoms with E-state index in [9.17, 15) is 8.42 Å². The van der Waals surface area contributed by atoms with E-state index in [1.165, 1.54) is 6.26 Å². The van der Waals surface area contributed by atoms with E-state index in [4.69, 9.17) is 9.47 Å². The number of sulfone groups is 1. The molecule has 1 atom stereocenters. The van der Waals surface area contributed by atoms with Gasteiger partial charge in [-0.25, -0.2) is 8.42 Å². The zero-order chi connectivity index (χ0) is 15.6. The van der Waals surface area contributed by atoms with Gasteiger partial charge in [-0.1, -0.05) is 0 Å². The molecule has 1 heterocycles. The van der Waals surface area contributed by atoms with E-state index in [1.807, 2.05) is 6.92 Å². The minimum atomic E-state index is -2.95. The Balaban J connectivity index is 0.00000441. The minimum Gasteiger partial charge on any atom is -0.379 e. The van der Waals surface area contributed by atoms with Crippen molar-refractivity contribution in [2.45, 2.75) is 25.9 Å². The van der Waals surface area contributed by atoms with E-state index < -0.39 is 9.84 Å². The number of rotatable bonds is 9. The lowest BCUT2D eigenvalue weighted by atomic mass is 10.3. The highest BCUT2D eigenvalue weighted by molar-refractivity contribution is 14.0. The molecule has 1 rings (SSSR count). The second kappa shape index (κ2) is 12.3. The summed E-state index contributed by atoms with van der Waals surface area (Å²) in [5.74, 6) is 0.743. The van der Waals surface area contributed by atoms with Crippen molar-refractivity contribution >= 4 is 39.8 Å². The van der Waals surface area contributed by atoms with Gasteiger partial charge >= 0.3 is 0 Å². The van der Waals surface area contributed by atoms with Crippen LogP contribution in [0.1, 0.15) is 19.8 Å². The first-order valence-corrected chi connectivity index (χ1v) is 9.46. The third kappa shape index (κ3) is 11.4. The Labute approximate surface area is 150 Å². The maximum absolute atomic E-state index is 11.1. The van der Waals surface area contributed by atoms with Crippen molar-refractivity contribution in [2.24, 2.45) is 4.99 Å². The molecule has 1 aliphatic rings. The summed E-state index contributed by atoms with van der Waals surface area (Å²) in [7, 11) is -2.95. The van der Waals surface area contributed by atoms with Gasteiger partial charge in [-0.3, -0.25) is 4.99 Å². The molecule has 0 bridgehead atoms. The second-order valence-electron chi connectivity index (χ2n) is 5.03. The summed E-state index contributed by atoms with van der Waals surface area (Å²) in [5.41, 5.74) is 0. The third-order valence-electron chi connectivity index (χ3n) is 2.92. The Kier molecular flexibility index (Phi) is 12.2. The molecule has 0 aromatic rings. The van der Waals surface area contributed by atoms with Gasteiger partial charge in [-0.05, 0) is 19.8 Å². The fourth-order valence-corrected chi connectivity index (χ4v) is 2.32. The lowest BCUT2D eigenvalue weighted by Crippen LogP contribution is -2.39. The predicted octanol–water partition coefficient (Wildman–Crippen LogP) is 0.400. The molecule has 0 radical (unpaired) electrons. The van der Waals surface area contributed by atoms with E-state index in [0.29, 0.717) is 32.3 Å². The monoisotopic (exact) mass is 449 g/mol. The summed E-state index contributed by atoms with van der Waals surface area (Å²) in [4.78, 5) is 4.39. The van der Waals surface area contributed by atoms with Crippen molar-refractivity contribution in [3.05, 3.63) is 0 Å². The van der Waals surface area contributed by atoms with Crippen molar-refractivity contribution < 1.29 is 17.9 Å². The summed E-state index contributed by atoms with van der Waals surface area (Å²) >= 11 is 0. The van der Waals surface area contributed by atoms with Crippen LogP contribution in [0.25, 0.3) is 0 Å². The van der Waals surface area contributed by atoms with Gasteiger partial charge in [0.2, 0.25) is 0 Å². The number of nitrogens with zero attached hydrogens (tertiary/aromatic N) is 1. The van der Waals surface area contributed by atoms with Gasteiger partial charge in [0.15, 0.2) is 5.96 Å². The average molecular weight is 449 g/mol. The van der Waals surface area contributed by atoms with E-state index >= 15 is 0 Å². The molecule has 22 heavy (non-hydrogen) atoms. The van der Waals surface area contributed by atoms with Crippen LogP contribution in [0, 0.1) is 0 Å². The minimum absolute atomic E-state index is 0. The molecule has 2 N–H and O–H groups in total. The summed E-state index contributed by atoms with van der Waals surface area (Å²) < 4.78 is 33.0. The first kappa shape index (κ1) is 21.9. The van der Waals surface area contributed by atoms with E-state index in [-0.39, 0.29) is 35.8 Å². The molecule has 1 unspecified atom stereocenters. The van der Waals surface area contributed by atoms with Crippen LogP contribution in [0.15, 0.2) is 4.99 Å². The van der Waals surface area contributed by atoms with Crippen LogP contribution in [-0.4, -0.2) is 71.9 Å². The van der Waals surface area contributed by atoms with Gasteiger partial charge in [0.05, 0.1) is 18.5 Å². The molecule has 0 saturated carbocycles. The molecule has 0 aliphatic carbocycles. The van der Waals surface area contributed by atoms with Crippen LogP contribution in [-0.2, 0) is 19.3 Å². The maximum atomic E-state index is 11.1. The van der Waals surface area contributed by atoms with Gasteiger partial charge in [0.1, 0.15) is 9.84 Å². The maximum Gasteiger partial charge on any atom is 0.191 e. The number of guanidine groups is 1. The number of nitrogens with one attached hydrogen (secondary N) is 2. The van der Waals surface area contributed by atoms with Crippen molar-refractivity contribution in [1.82, 2.24) is 10.6 Å². The van der Waals surface area contributed by atoms with Gasteiger partial charge in [0.25, 0.3) is 0 Å². The standard InChI is InChI=1S/C13H27N3O4S.HI/c1-3-14-13(16-7-10-21(2,17)18)15-6-4-8-20-12-5-9-19-11-12;/h12H,3-11H2,1-2H3,(H2,14,15,16);1H. The molecular formula is C13H28IN3O4S. The molecule has 132 valence electrons. The highest BCUT2D eigenvalue weighted by Gasteiger charge is 2.15. The second-order valence-corrected chi connectivity index (χ2v) is 7.29. The van der Waals surface area contributed by atoms with Crippen molar-refractivity contribution in [3.63, 3.8) is 0 Å². The van der Waals surface area contributed by atoms with Gasteiger partial charge in [-0.15, -0.1) is 24.0 Å². The smallest absolute Gasteiger partial charge is 0.191 e. The van der Waals surface area contributed by atoms with Crippen LogP contribution in [0.2, 0.25) is 0 Å². The average Bonchev–Trinajstić information content (AvgIpc) is 2.90. The number of hydrogen-bond donors (Lipinski definition) is 2. The Morgan fingerprint density at radius 1 is 1.41 bits per heavy atom. The zero-order valence-electron chi connectivity index (χ0n) is 13.3. The molecule has 9 heteroatoms. The van der Waals surface area contributed by atoms with Crippen LogP contribution in [0.4, 0.5) is 0 Å². The Morgan fingerprint density at radius 2 is 2.18 bits per heavy atom. The molecule has 1 aliphatic heterocycles. The highest BCUT2D eigenvalue weighted by Crippen LogP contribution is 2.07. The summed E-state index contributed by atoms with van der Waals surface area (Å²) in [5, 5.41) is 6.09. The Hall–Kier alpha value is -0.130. The van der Waals surface area contributed by atoms with Crippen LogP contribution < -0.4 is 10.6 Å². The topological polar surface area (TPSA) is 89.0 Å². The van der Waals surface area contributed by atoms with Crippen molar-refractivity contribution in [1.29, 1.82) is 0 Å². The van der Waals surface area contributed by atoms with Gasteiger partial charge < -0.3 is 20.1 Å². The summed E-state index contributed by atoms with van der Waals surface area (Å²) in [6, 6.07) is 0. The van der Waals surface area contributed by atoms with Crippen LogP contribution in [0.3, 0.4) is 0 Å². The lowest BCUT2D eigenvalue weighted by Gasteiger charge is -2.11. The highest BCUT2D eigenvalue weighted by atomic mass is 127. The lowest BCUT2D eigenvalue weighted by molar-refractivity contribution is 0.0424. The molecule has 1 fully saturated rings. The predicted molar refractivity (Wildman–Crippen MR) is 98.9 cm³/mol. The normalized spacial score (nSPS) is 18.8. The molecule has 0 aromatic carbocycles. The Morgan fingerprint density at radius 3 is 2.77 bits per heavy atom. The molecule has 7 nitrogen and oxygen atoms in total.